The van der Waals surface area contributed by atoms with E-state index in [-0.39, 0.29) is 11.9 Å². The van der Waals surface area contributed by atoms with Gasteiger partial charge in [0.1, 0.15) is 0 Å². The number of carbonyl (C=O) groups is 2. The number of amides is 3. The molecule has 0 aliphatic carbocycles. The standard InChI is InChI=1S/C20H34N4O3/c25-19(21-12-14-27-15-13-21)17-4-3-9-24(16-17)18-5-10-23(11-6-18)20(26)22-7-1-2-8-22/h17-18H,1-16H2/t17-/m1/s1. The monoisotopic (exact) mass is 378 g/mol. The Morgan fingerprint density at radius 3 is 2.07 bits per heavy atom. The number of nitrogens with zero attached hydrogens (tertiary/aromatic N) is 4. The Balaban J connectivity index is 1.26. The minimum Gasteiger partial charge on any atom is -0.378 e. The van der Waals surface area contributed by atoms with Gasteiger partial charge in [-0.25, -0.2) is 4.79 Å². The Morgan fingerprint density at radius 1 is 0.704 bits per heavy atom. The van der Waals surface area contributed by atoms with Crippen molar-refractivity contribution in [3.63, 3.8) is 0 Å². The summed E-state index contributed by atoms with van der Waals surface area (Å²) in [6, 6.07) is 0.762. The van der Waals surface area contributed by atoms with Gasteiger partial charge in [0.15, 0.2) is 0 Å². The molecule has 0 bridgehead atoms. The number of urea groups is 1. The molecular formula is C20H34N4O3. The maximum atomic E-state index is 12.9. The van der Waals surface area contributed by atoms with Gasteiger partial charge in [-0.15, -0.1) is 0 Å². The van der Waals surface area contributed by atoms with E-state index in [1.165, 1.54) is 0 Å². The second-order valence-electron chi connectivity index (χ2n) is 8.47. The molecule has 4 aliphatic rings. The first-order valence-corrected chi connectivity index (χ1v) is 10.9. The third-order valence-electron chi connectivity index (χ3n) is 6.75. The second-order valence-corrected chi connectivity index (χ2v) is 8.47. The largest absolute Gasteiger partial charge is 0.378 e. The fourth-order valence-corrected chi connectivity index (χ4v) is 5.11. The molecule has 7 heteroatoms. The molecule has 4 heterocycles. The Kier molecular flexibility index (Phi) is 6.18. The first-order valence-electron chi connectivity index (χ1n) is 10.9. The number of rotatable bonds is 2. The lowest BCUT2D eigenvalue weighted by Crippen LogP contribution is -2.54. The van der Waals surface area contributed by atoms with Crippen molar-refractivity contribution in [2.24, 2.45) is 5.92 Å². The van der Waals surface area contributed by atoms with E-state index in [9.17, 15) is 9.59 Å². The minimum atomic E-state index is 0.140. The van der Waals surface area contributed by atoms with Crippen LogP contribution in [0.25, 0.3) is 0 Å². The van der Waals surface area contributed by atoms with Crippen LogP contribution in [0.2, 0.25) is 0 Å². The summed E-state index contributed by atoms with van der Waals surface area (Å²) in [5.74, 6) is 0.464. The Hall–Kier alpha value is -1.34. The summed E-state index contributed by atoms with van der Waals surface area (Å²) in [6.45, 7) is 8.39. The first kappa shape index (κ1) is 19.0. The van der Waals surface area contributed by atoms with Crippen LogP contribution in [-0.2, 0) is 9.53 Å². The quantitative estimate of drug-likeness (QED) is 0.725. The zero-order valence-corrected chi connectivity index (χ0v) is 16.5. The summed E-state index contributed by atoms with van der Waals surface area (Å²) in [5.41, 5.74) is 0. The Labute approximate surface area is 162 Å². The third-order valence-corrected chi connectivity index (χ3v) is 6.75. The fraction of sp³-hybridized carbons (Fsp3) is 0.900. The van der Waals surface area contributed by atoms with Crippen molar-refractivity contribution in [1.82, 2.24) is 19.6 Å². The van der Waals surface area contributed by atoms with Crippen molar-refractivity contribution in [1.29, 1.82) is 0 Å². The summed E-state index contributed by atoms with van der Waals surface area (Å²) >= 11 is 0. The lowest BCUT2D eigenvalue weighted by molar-refractivity contribution is -0.141. The van der Waals surface area contributed by atoms with E-state index in [1.54, 1.807) is 0 Å². The van der Waals surface area contributed by atoms with Crippen molar-refractivity contribution in [3.8, 4) is 0 Å². The zero-order chi connectivity index (χ0) is 18.6. The van der Waals surface area contributed by atoms with Gasteiger partial charge in [-0.2, -0.15) is 0 Å². The molecule has 4 saturated heterocycles. The van der Waals surface area contributed by atoms with E-state index in [1.807, 2.05) is 14.7 Å². The molecule has 4 fully saturated rings. The molecule has 3 amide bonds. The zero-order valence-electron chi connectivity index (χ0n) is 16.5. The molecule has 0 saturated carbocycles. The molecule has 0 radical (unpaired) electrons. The van der Waals surface area contributed by atoms with E-state index in [0.29, 0.717) is 25.2 Å². The molecule has 0 aromatic rings. The van der Waals surface area contributed by atoms with Crippen LogP contribution >= 0.6 is 0 Å². The minimum absolute atomic E-state index is 0.140. The van der Waals surface area contributed by atoms with Gasteiger partial charge >= 0.3 is 6.03 Å². The molecule has 0 N–H and O–H groups in total. The van der Waals surface area contributed by atoms with Gasteiger partial charge in [-0.1, -0.05) is 0 Å². The van der Waals surface area contributed by atoms with Crippen LogP contribution in [0.15, 0.2) is 0 Å². The highest BCUT2D eigenvalue weighted by Crippen LogP contribution is 2.26. The maximum Gasteiger partial charge on any atom is 0.319 e. The number of piperidine rings is 2. The highest BCUT2D eigenvalue weighted by molar-refractivity contribution is 5.79. The predicted octanol–water partition coefficient (Wildman–Crippen LogP) is 1.24. The van der Waals surface area contributed by atoms with Gasteiger partial charge in [0.2, 0.25) is 5.91 Å². The summed E-state index contributed by atoms with van der Waals surface area (Å²) in [5, 5.41) is 0. The Bertz CT molecular complexity index is 523. The van der Waals surface area contributed by atoms with Crippen LogP contribution in [0.5, 0.6) is 0 Å². The molecule has 27 heavy (non-hydrogen) atoms. The molecular weight excluding hydrogens is 344 g/mol. The van der Waals surface area contributed by atoms with Crippen LogP contribution in [-0.4, -0.2) is 103 Å². The van der Waals surface area contributed by atoms with Gasteiger partial charge in [0, 0.05) is 51.9 Å². The SMILES string of the molecule is O=C([C@@H]1CCCN(C2CCN(C(=O)N3CCCC3)CC2)C1)N1CCOCC1. The van der Waals surface area contributed by atoms with Crippen molar-refractivity contribution < 1.29 is 14.3 Å². The van der Waals surface area contributed by atoms with Crippen LogP contribution in [0.3, 0.4) is 0 Å². The van der Waals surface area contributed by atoms with Crippen LogP contribution in [0.4, 0.5) is 4.79 Å². The van der Waals surface area contributed by atoms with Crippen LogP contribution in [0.1, 0.15) is 38.5 Å². The predicted molar refractivity (Wildman–Crippen MR) is 102 cm³/mol. The maximum absolute atomic E-state index is 12.9. The highest BCUT2D eigenvalue weighted by Gasteiger charge is 2.35. The number of hydrogen-bond donors (Lipinski definition) is 0. The van der Waals surface area contributed by atoms with Gasteiger partial charge in [-0.05, 0) is 45.1 Å². The number of morpholine rings is 1. The summed E-state index contributed by atoms with van der Waals surface area (Å²) in [4.78, 5) is 34.0. The van der Waals surface area contributed by atoms with E-state index < -0.39 is 0 Å². The third kappa shape index (κ3) is 4.40. The lowest BCUT2D eigenvalue weighted by atomic mass is 9.92. The summed E-state index contributed by atoms with van der Waals surface area (Å²) in [7, 11) is 0. The lowest BCUT2D eigenvalue weighted by Gasteiger charge is -2.43. The average molecular weight is 379 g/mol. The number of carbonyl (C=O) groups excluding carboxylic acids is 2. The Morgan fingerprint density at radius 2 is 1.37 bits per heavy atom. The van der Waals surface area contributed by atoms with E-state index >= 15 is 0 Å². The average Bonchev–Trinajstić information content (AvgIpc) is 3.28. The van der Waals surface area contributed by atoms with Crippen molar-refractivity contribution >= 4 is 11.9 Å². The molecule has 0 aromatic heterocycles. The van der Waals surface area contributed by atoms with Gasteiger partial charge in [-0.3, -0.25) is 9.69 Å². The molecule has 4 rings (SSSR count). The normalized spacial score (nSPS) is 28.6. The summed E-state index contributed by atoms with van der Waals surface area (Å²) in [6.07, 6.45) is 6.49. The first-order chi connectivity index (χ1) is 13.2. The highest BCUT2D eigenvalue weighted by atomic mass is 16.5. The van der Waals surface area contributed by atoms with Gasteiger partial charge in [0.25, 0.3) is 0 Å². The molecule has 0 aromatic carbocycles. The molecule has 1 atom stereocenters. The van der Waals surface area contributed by atoms with Crippen molar-refractivity contribution in [2.75, 3.05) is 65.6 Å². The van der Waals surface area contributed by atoms with E-state index in [4.69, 9.17) is 4.74 Å². The van der Waals surface area contributed by atoms with Gasteiger partial charge in [0.05, 0.1) is 19.1 Å². The number of ether oxygens (including phenoxy) is 1. The van der Waals surface area contributed by atoms with Gasteiger partial charge < -0.3 is 19.4 Å². The molecule has 152 valence electrons. The fourth-order valence-electron chi connectivity index (χ4n) is 5.11. The molecule has 7 nitrogen and oxygen atoms in total. The van der Waals surface area contributed by atoms with E-state index in [0.717, 1.165) is 90.9 Å². The van der Waals surface area contributed by atoms with Crippen molar-refractivity contribution in [2.45, 2.75) is 44.6 Å². The molecule has 0 spiro atoms. The van der Waals surface area contributed by atoms with Crippen LogP contribution < -0.4 is 0 Å². The smallest absolute Gasteiger partial charge is 0.319 e. The topological polar surface area (TPSA) is 56.3 Å². The van der Waals surface area contributed by atoms with E-state index in [2.05, 4.69) is 4.90 Å². The number of likely N-dealkylation sites (tertiary alicyclic amines) is 3. The van der Waals surface area contributed by atoms with Crippen LogP contribution in [0, 0.1) is 5.92 Å². The second kappa shape index (κ2) is 8.78. The number of hydrogen-bond acceptors (Lipinski definition) is 4. The molecule has 4 aliphatic heterocycles. The van der Waals surface area contributed by atoms with Crippen molar-refractivity contribution in [3.05, 3.63) is 0 Å². The summed E-state index contributed by atoms with van der Waals surface area (Å²) < 4.78 is 5.38. The molecule has 0 unspecified atom stereocenters.